The van der Waals surface area contributed by atoms with Gasteiger partial charge < -0.3 is 9.84 Å². The fraction of sp³-hybridized carbons (Fsp3) is 0.900. The fourth-order valence-corrected chi connectivity index (χ4v) is 1.38. The average Bonchev–Trinajstić information content (AvgIpc) is 2.45. The van der Waals surface area contributed by atoms with Crippen molar-refractivity contribution in [3.63, 3.8) is 0 Å². The van der Waals surface area contributed by atoms with Gasteiger partial charge in [-0.05, 0) is 7.05 Å². The van der Waals surface area contributed by atoms with E-state index in [1.807, 2.05) is 0 Å². The number of hydrogen-bond donors (Lipinski definition) is 1. The first-order valence-electron chi connectivity index (χ1n) is 5.02. The smallest absolute Gasteiger partial charge is 0.323 e. The zero-order chi connectivity index (χ0) is 11.1. The van der Waals surface area contributed by atoms with Gasteiger partial charge in [-0.2, -0.15) is 0 Å². The number of β-amino-alcohol motifs (C(OH)–C–C–N with tert-alkyl or cyclic N) is 1. The molecule has 0 aliphatic carbocycles. The van der Waals surface area contributed by atoms with Crippen LogP contribution < -0.4 is 0 Å². The van der Waals surface area contributed by atoms with Crippen LogP contribution in [-0.4, -0.2) is 48.8 Å². The number of carbonyl (C=O) groups excluding carboxylic acids is 1. The van der Waals surface area contributed by atoms with E-state index in [9.17, 15) is 4.79 Å². The molecule has 1 rings (SSSR count). The third-order valence-electron chi connectivity index (χ3n) is 2.00. The molecule has 4 nitrogen and oxygen atoms in total. The maximum absolute atomic E-state index is 11.0. The lowest BCUT2D eigenvalue weighted by molar-refractivity contribution is -0.145. The summed E-state index contributed by atoms with van der Waals surface area (Å²) >= 11 is 0. The second-order valence-electron chi connectivity index (χ2n) is 3.58. The zero-order valence-corrected chi connectivity index (χ0v) is 9.49. The van der Waals surface area contributed by atoms with Crippen molar-refractivity contribution in [2.45, 2.75) is 38.8 Å². The van der Waals surface area contributed by atoms with Gasteiger partial charge in [0.25, 0.3) is 0 Å². The Hall–Kier alpha value is -0.610. The van der Waals surface area contributed by atoms with Gasteiger partial charge in [0.15, 0.2) is 0 Å². The highest BCUT2D eigenvalue weighted by molar-refractivity contribution is 5.76. The number of ether oxygens (including phenoxy) is 1. The van der Waals surface area contributed by atoms with Crippen molar-refractivity contribution in [2.24, 2.45) is 0 Å². The van der Waals surface area contributed by atoms with Crippen molar-refractivity contribution in [1.82, 2.24) is 4.90 Å². The summed E-state index contributed by atoms with van der Waals surface area (Å²) in [6, 6.07) is -0.255. The molecule has 0 bridgehead atoms. The van der Waals surface area contributed by atoms with Crippen LogP contribution in [0.4, 0.5) is 0 Å². The Labute approximate surface area is 85.9 Å². The lowest BCUT2D eigenvalue weighted by atomic mass is 10.2. The van der Waals surface area contributed by atoms with Crippen molar-refractivity contribution in [2.75, 3.05) is 20.7 Å². The molecule has 0 spiro atoms. The highest BCUT2D eigenvalue weighted by Gasteiger charge is 2.33. The maximum atomic E-state index is 11.0. The van der Waals surface area contributed by atoms with Crippen LogP contribution in [0.2, 0.25) is 0 Å². The molecule has 0 saturated carbocycles. The average molecular weight is 203 g/mol. The molecule has 0 amide bonds. The molecule has 1 N–H and O–H groups in total. The Balaban J connectivity index is 0.000000500. The van der Waals surface area contributed by atoms with E-state index in [1.54, 1.807) is 11.9 Å². The Kier molecular flexibility index (Phi) is 6.49. The van der Waals surface area contributed by atoms with Crippen LogP contribution in [0, 0.1) is 0 Å². The second kappa shape index (κ2) is 6.79. The molecule has 14 heavy (non-hydrogen) atoms. The van der Waals surface area contributed by atoms with Gasteiger partial charge in [-0.25, -0.2) is 0 Å². The van der Waals surface area contributed by atoms with Crippen molar-refractivity contribution >= 4 is 5.97 Å². The van der Waals surface area contributed by atoms with E-state index in [4.69, 9.17) is 5.11 Å². The molecule has 84 valence electrons. The predicted molar refractivity (Wildman–Crippen MR) is 55.0 cm³/mol. The summed E-state index contributed by atoms with van der Waals surface area (Å²) in [5, 5.41) is 9.16. The quantitative estimate of drug-likeness (QED) is 0.635. The van der Waals surface area contributed by atoms with Gasteiger partial charge in [0.1, 0.15) is 6.04 Å². The molecule has 2 atom stereocenters. The van der Waals surface area contributed by atoms with E-state index in [0.29, 0.717) is 13.0 Å². The van der Waals surface area contributed by atoms with Crippen LogP contribution in [0.1, 0.15) is 26.7 Å². The first-order chi connectivity index (χ1) is 6.56. The number of aliphatic hydroxyl groups excluding tert-OH is 1. The molecule has 4 heteroatoms. The zero-order valence-electron chi connectivity index (χ0n) is 9.49. The van der Waals surface area contributed by atoms with Crippen molar-refractivity contribution in [3.8, 4) is 0 Å². The lowest BCUT2D eigenvalue weighted by Crippen LogP contribution is -2.33. The summed E-state index contributed by atoms with van der Waals surface area (Å²) in [7, 11) is 3.17. The van der Waals surface area contributed by atoms with E-state index in [2.05, 4.69) is 18.6 Å². The van der Waals surface area contributed by atoms with Gasteiger partial charge in [-0.3, -0.25) is 9.69 Å². The van der Waals surface area contributed by atoms with Gasteiger partial charge >= 0.3 is 5.97 Å². The summed E-state index contributed by atoms with van der Waals surface area (Å²) in [5.74, 6) is -0.260. The highest BCUT2D eigenvalue weighted by Crippen LogP contribution is 2.16. The lowest BCUT2D eigenvalue weighted by Gasteiger charge is -2.15. The van der Waals surface area contributed by atoms with Gasteiger partial charge in [-0.15, -0.1) is 0 Å². The number of aliphatic hydroxyl groups is 1. The third-order valence-corrected chi connectivity index (χ3v) is 2.00. The van der Waals surface area contributed by atoms with Gasteiger partial charge in [0.2, 0.25) is 0 Å². The number of likely N-dealkylation sites (N-methyl/N-ethyl adjacent to an activating group) is 1. The third kappa shape index (κ3) is 4.07. The molecule has 0 aromatic carbocycles. The first kappa shape index (κ1) is 13.4. The monoisotopic (exact) mass is 203 g/mol. The predicted octanol–water partition coefficient (Wildman–Crippen LogP) is 0.641. The number of esters is 1. The van der Waals surface area contributed by atoms with Crippen LogP contribution in [-0.2, 0) is 9.53 Å². The Bertz CT molecular complexity index is 173. The summed E-state index contributed by atoms with van der Waals surface area (Å²) in [4.78, 5) is 12.8. The molecule has 1 heterocycles. The van der Waals surface area contributed by atoms with E-state index in [0.717, 1.165) is 0 Å². The van der Waals surface area contributed by atoms with Crippen LogP contribution >= 0.6 is 0 Å². The number of nitrogens with zero attached hydrogens (tertiary/aromatic N) is 1. The maximum Gasteiger partial charge on any atom is 0.323 e. The number of carbonyl (C=O) groups is 1. The Morgan fingerprint density at radius 3 is 2.36 bits per heavy atom. The summed E-state index contributed by atoms with van der Waals surface area (Å²) < 4.78 is 4.56. The van der Waals surface area contributed by atoms with Crippen LogP contribution in [0.5, 0.6) is 0 Å². The highest BCUT2D eigenvalue weighted by atomic mass is 16.5. The first-order valence-corrected chi connectivity index (χ1v) is 5.02. The van der Waals surface area contributed by atoms with Gasteiger partial charge in [0, 0.05) is 13.0 Å². The Morgan fingerprint density at radius 2 is 2.07 bits per heavy atom. The van der Waals surface area contributed by atoms with Crippen LogP contribution in [0.15, 0.2) is 0 Å². The standard InChI is InChI=1S/C7H13NO3.C3H8/c1-8-4-5(9)3-6(8)7(10)11-2;1-3-2/h5-6,9H,3-4H2,1-2H3;3H2,1-2H3. The molecule has 1 aliphatic heterocycles. The van der Waals surface area contributed by atoms with Crippen molar-refractivity contribution < 1.29 is 14.6 Å². The minimum absolute atomic E-state index is 0.255. The summed E-state index contributed by atoms with van der Waals surface area (Å²) in [6.45, 7) is 4.81. The van der Waals surface area contributed by atoms with Gasteiger partial charge in [0.05, 0.1) is 13.2 Å². The summed E-state index contributed by atoms with van der Waals surface area (Å²) in [5.41, 5.74) is 0. The molecular weight excluding hydrogens is 182 g/mol. The second-order valence-corrected chi connectivity index (χ2v) is 3.58. The number of rotatable bonds is 1. The molecule has 1 fully saturated rings. The molecule has 1 aliphatic rings. The minimum Gasteiger partial charge on any atom is -0.468 e. The van der Waals surface area contributed by atoms with Gasteiger partial charge in [-0.1, -0.05) is 20.3 Å². The van der Waals surface area contributed by atoms with E-state index in [-0.39, 0.29) is 18.1 Å². The fourth-order valence-electron chi connectivity index (χ4n) is 1.38. The molecule has 0 aromatic rings. The minimum atomic E-state index is -0.385. The molecule has 2 unspecified atom stereocenters. The van der Waals surface area contributed by atoms with Crippen molar-refractivity contribution in [3.05, 3.63) is 0 Å². The largest absolute Gasteiger partial charge is 0.468 e. The number of likely N-dealkylation sites (tertiary alicyclic amines) is 1. The number of methoxy groups -OCH3 is 1. The van der Waals surface area contributed by atoms with Crippen LogP contribution in [0.3, 0.4) is 0 Å². The normalized spacial score (nSPS) is 26.6. The molecule has 0 aromatic heterocycles. The van der Waals surface area contributed by atoms with E-state index < -0.39 is 0 Å². The Morgan fingerprint density at radius 1 is 1.57 bits per heavy atom. The van der Waals surface area contributed by atoms with Crippen LogP contribution in [0.25, 0.3) is 0 Å². The number of hydrogen-bond acceptors (Lipinski definition) is 4. The van der Waals surface area contributed by atoms with E-state index >= 15 is 0 Å². The van der Waals surface area contributed by atoms with Crippen molar-refractivity contribution in [1.29, 1.82) is 0 Å². The summed E-state index contributed by atoms with van der Waals surface area (Å²) in [6.07, 6.45) is 1.35. The topological polar surface area (TPSA) is 49.8 Å². The molecule has 1 saturated heterocycles. The SMILES string of the molecule is CCC.COC(=O)C1CC(O)CN1C. The van der Waals surface area contributed by atoms with E-state index in [1.165, 1.54) is 13.5 Å². The molecular formula is C10H21NO3. The molecule has 0 radical (unpaired) electrons.